The van der Waals surface area contributed by atoms with Crippen LogP contribution in [0.25, 0.3) is 0 Å². The molecule has 2 aromatic rings. The summed E-state index contributed by atoms with van der Waals surface area (Å²) in [7, 11) is 0. The lowest BCUT2D eigenvalue weighted by atomic mass is 9.53. The second-order valence-electron chi connectivity index (χ2n) is 10.6. The van der Waals surface area contributed by atoms with Crippen molar-refractivity contribution in [2.75, 3.05) is 18.5 Å². The summed E-state index contributed by atoms with van der Waals surface area (Å²) >= 11 is 3.66. The van der Waals surface area contributed by atoms with Crippen LogP contribution in [-0.2, 0) is 11.3 Å². The Bertz CT molecular complexity index is 1000. The molecule has 0 heterocycles. The quantitative estimate of drug-likeness (QED) is 0.406. The molecule has 0 aliphatic heterocycles. The van der Waals surface area contributed by atoms with Crippen LogP contribution in [0.4, 0.5) is 5.69 Å². The molecule has 0 saturated heterocycles. The van der Waals surface area contributed by atoms with E-state index in [4.69, 9.17) is 9.47 Å². The van der Waals surface area contributed by atoms with Crippen LogP contribution in [0.3, 0.4) is 0 Å². The number of benzene rings is 2. The highest BCUT2D eigenvalue weighted by Gasteiger charge is 2.50. The van der Waals surface area contributed by atoms with Gasteiger partial charge in [-0.15, -0.1) is 0 Å². The molecule has 0 spiro atoms. The minimum absolute atomic E-state index is 0.0859. The predicted molar refractivity (Wildman–Crippen MR) is 138 cm³/mol. The van der Waals surface area contributed by atoms with Crippen LogP contribution in [0.1, 0.15) is 56.6 Å². The van der Waals surface area contributed by atoms with Crippen molar-refractivity contribution in [3.63, 3.8) is 0 Å². The normalized spacial score (nSPS) is 27.0. The van der Waals surface area contributed by atoms with Gasteiger partial charge in [0.1, 0.15) is 0 Å². The molecule has 4 bridgehead atoms. The maximum Gasteiger partial charge on any atom is 0.262 e. The lowest BCUT2D eigenvalue weighted by Gasteiger charge is -2.57. The van der Waals surface area contributed by atoms with Crippen LogP contribution in [-0.4, -0.2) is 24.7 Å². The summed E-state index contributed by atoms with van der Waals surface area (Å²) in [5.74, 6) is 3.80. The van der Waals surface area contributed by atoms with Crippen molar-refractivity contribution in [2.24, 2.45) is 17.8 Å². The van der Waals surface area contributed by atoms with E-state index >= 15 is 0 Å². The SMILES string of the molecule is CCOc1cc(CNC23CC4CC(CC(C4)C2)C3)cc(Br)c1OCC(=O)Nc1ccc(C)cc1. The highest BCUT2D eigenvalue weighted by atomic mass is 79.9. The molecule has 0 aromatic heterocycles. The van der Waals surface area contributed by atoms with E-state index in [1.165, 1.54) is 44.1 Å². The fraction of sp³-hybridized carbons (Fsp3) is 0.536. The van der Waals surface area contributed by atoms with E-state index in [1.54, 1.807) is 0 Å². The van der Waals surface area contributed by atoms with Gasteiger partial charge in [-0.25, -0.2) is 0 Å². The van der Waals surface area contributed by atoms with Gasteiger partial charge in [0.15, 0.2) is 18.1 Å². The maximum absolute atomic E-state index is 12.4. The average Bonchev–Trinajstić information content (AvgIpc) is 2.78. The minimum atomic E-state index is -0.203. The Labute approximate surface area is 211 Å². The first-order valence-electron chi connectivity index (χ1n) is 12.6. The zero-order chi connectivity index (χ0) is 23.7. The number of rotatable bonds is 9. The number of aryl methyl sites for hydroxylation is 1. The molecule has 1 amide bonds. The molecule has 0 unspecified atom stereocenters. The average molecular weight is 528 g/mol. The second kappa shape index (κ2) is 9.90. The van der Waals surface area contributed by atoms with Gasteiger partial charge < -0.3 is 20.1 Å². The molecule has 4 saturated carbocycles. The van der Waals surface area contributed by atoms with Gasteiger partial charge in [-0.1, -0.05) is 17.7 Å². The van der Waals surface area contributed by atoms with Crippen molar-refractivity contribution in [1.29, 1.82) is 0 Å². The molecule has 34 heavy (non-hydrogen) atoms. The standard InChI is InChI=1S/C28H35BrN2O3/c1-3-33-25-12-22(16-30-28-13-19-8-20(14-28)10-21(9-19)15-28)11-24(29)27(25)34-17-26(32)31-23-6-4-18(2)5-7-23/h4-7,11-12,19-21,30H,3,8-10,13-17H2,1-2H3,(H,31,32). The Balaban J connectivity index is 1.23. The molecule has 5 nitrogen and oxygen atoms in total. The smallest absolute Gasteiger partial charge is 0.262 e. The van der Waals surface area contributed by atoms with Gasteiger partial charge in [0.25, 0.3) is 5.91 Å². The summed E-state index contributed by atoms with van der Waals surface area (Å²) in [6.45, 7) is 5.24. The van der Waals surface area contributed by atoms with Crippen LogP contribution < -0.4 is 20.1 Å². The van der Waals surface area contributed by atoms with Gasteiger partial charge in [0, 0.05) is 17.8 Å². The van der Waals surface area contributed by atoms with E-state index in [1.807, 2.05) is 38.1 Å². The second-order valence-corrected chi connectivity index (χ2v) is 11.4. The Kier molecular flexibility index (Phi) is 6.90. The van der Waals surface area contributed by atoms with Gasteiger partial charge in [-0.2, -0.15) is 0 Å². The van der Waals surface area contributed by atoms with Gasteiger partial charge in [-0.05, 0) is 116 Å². The van der Waals surface area contributed by atoms with E-state index < -0.39 is 0 Å². The van der Waals surface area contributed by atoms with Gasteiger partial charge in [0.05, 0.1) is 11.1 Å². The molecular formula is C28H35BrN2O3. The highest BCUT2D eigenvalue weighted by molar-refractivity contribution is 9.10. The van der Waals surface area contributed by atoms with Gasteiger partial charge in [0.2, 0.25) is 0 Å². The third-order valence-corrected chi connectivity index (χ3v) is 8.35. The Hall–Kier alpha value is -2.05. The van der Waals surface area contributed by atoms with Crippen molar-refractivity contribution < 1.29 is 14.3 Å². The summed E-state index contributed by atoms with van der Waals surface area (Å²) in [5.41, 5.74) is 3.39. The number of nitrogens with one attached hydrogen (secondary N) is 2. The van der Waals surface area contributed by atoms with Crippen LogP contribution >= 0.6 is 15.9 Å². The number of carbonyl (C=O) groups is 1. The minimum Gasteiger partial charge on any atom is -0.490 e. The summed E-state index contributed by atoms with van der Waals surface area (Å²) in [6, 6.07) is 11.9. The zero-order valence-electron chi connectivity index (χ0n) is 20.2. The molecule has 0 atom stereocenters. The van der Waals surface area contributed by atoms with E-state index in [9.17, 15) is 4.79 Å². The Morgan fingerprint density at radius 2 is 1.68 bits per heavy atom. The van der Waals surface area contributed by atoms with Crippen LogP contribution in [0.5, 0.6) is 11.5 Å². The van der Waals surface area contributed by atoms with E-state index in [2.05, 4.69) is 38.7 Å². The molecule has 0 radical (unpaired) electrons. The first-order valence-corrected chi connectivity index (χ1v) is 13.4. The fourth-order valence-electron chi connectivity index (χ4n) is 6.71. The molecule has 2 aromatic carbocycles. The highest BCUT2D eigenvalue weighted by Crippen LogP contribution is 2.55. The van der Waals surface area contributed by atoms with E-state index in [-0.39, 0.29) is 12.5 Å². The summed E-state index contributed by atoms with van der Waals surface area (Å²) in [6.07, 6.45) is 8.33. The number of hydrogen-bond donors (Lipinski definition) is 2. The number of ether oxygens (including phenoxy) is 2. The summed E-state index contributed by atoms with van der Waals surface area (Å²) in [4.78, 5) is 12.4. The number of anilines is 1. The molecule has 4 aliphatic carbocycles. The molecule has 6 rings (SSSR count). The predicted octanol–water partition coefficient (Wildman–Crippen LogP) is 6.23. The Morgan fingerprint density at radius 3 is 2.29 bits per heavy atom. The van der Waals surface area contributed by atoms with Crippen molar-refractivity contribution in [2.45, 2.75) is 64.5 Å². The maximum atomic E-state index is 12.4. The molecular weight excluding hydrogens is 492 g/mol. The van der Waals surface area contributed by atoms with E-state index in [0.29, 0.717) is 23.6 Å². The third-order valence-electron chi connectivity index (χ3n) is 7.76. The lowest BCUT2D eigenvalue weighted by Crippen LogP contribution is -2.58. The van der Waals surface area contributed by atoms with Gasteiger partial charge >= 0.3 is 0 Å². The van der Waals surface area contributed by atoms with Crippen molar-refractivity contribution in [3.05, 3.63) is 52.0 Å². The van der Waals surface area contributed by atoms with E-state index in [0.717, 1.165) is 40.0 Å². The number of amides is 1. The molecule has 182 valence electrons. The number of hydrogen-bond acceptors (Lipinski definition) is 4. The molecule has 2 N–H and O–H groups in total. The van der Waals surface area contributed by atoms with Crippen molar-refractivity contribution in [1.82, 2.24) is 5.32 Å². The largest absolute Gasteiger partial charge is 0.490 e. The van der Waals surface area contributed by atoms with Crippen LogP contribution in [0.2, 0.25) is 0 Å². The number of carbonyl (C=O) groups excluding carboxylic acids is 1. The van der Waals surface area contributed by atoms with Crippen molar-refractivity contribution in [3.8, 4) is 11.5 Å². The third kappa shape index (κ3) is 5.28. The molecule has 4 fully saturated rings. The van der Waals surface area contributed by atoms with Crippen LogP contribution in [0, 0.1) is 24.7 Å². The molecule has 6 heteroatoms. The summed E-state index contributed by atoms with van der Waals surface area (Å²) < 4.78 is 12.6. The molecule has 4 aliphatic rings. The fourth-order valence-corrected chi connectivity index (χ4v) is 7.32. The lowest BCUT2D eigenvalue weighted by molar-refractivity contribution is -0.118. The topological polar surface area (TPSA) is 59.6 Å². The monoisotopic (exact) mass is 526 g/mol. The summed E-state index contributed by atoms with van der Waals surface area (Å²) in [5, 5.41) is 6.83. The first-order chi connectivity index (χ1) is 16.4. The van der Waals surface area contributed by atoms with Crippen LogP contribution in [0.15, 0.2) is 40.9 Å². The Morgan fingerprint density at radius 1 is 1.03 bits per heavy atom. The first kappa shape index (κ1) is 23.7. The number of halogens is 1. The van der Waals surface area contributed by atoms with Gasteiger partial charge in [-0.3, -0.25) is 4.79 Å². The van der Waals surface area contributed by atoms with Crippen molar-refractivity contribution >= 4 is 27.5 Å². The zero-order valence-corrected chi connectivity index (χ0v) is 21.7.